The first-order chi connectivity index (χ1) is 8.71. The summed E-state index contributed by atoms with van der Waals surface area (Å²) in [6.45, 7) is 8.47. The Labute approximate surface area is 109 Å². The predicted molar refractivity (Wildman–Crippen MR) is 75.7 cm³/mol. The van der Waals surface area contributed by atoms with Crippen molar-refractivity contribution >= 4 is 17.7 Å². The Morgan fingerprint density at radius 1 is 1.17 bits per heavy atom. The molecule has 0 fully saturated rings. The molecule has 0 spiro atoms. The van der Waals surface area contributed by atoms with Gasteiger partial charge in [-0.05, 0) is 44.5 Å². The first-order valence-electron chi connectivity index (χ1n) is 6.41. The summed E-state index contributed by atoms with van der Waals surface area (Å²) in [6.07, 6.45) is 3.22. The molecule has 0 aliphatic rings. The molecule has 0 saturated heterocycles. The van der Waals surface area contributed by atoms with E-state index in [1.54, 1.807) is 13.0 Å². The van der Waals surface area contributed by atoms with E-state index >= 15 is 0 Å². The molecule has 98 valence electrons. The zero-order chi connectivity index (χ0) is 13.4. The first kappa shape index (κ1) is 14.3. The highest BCUT2D eigenvalue weighted by Crippen LogP contribution is 2.15. The summed E-state index contributed by atoms with van der Waals surface area (Å²) in [5, 5.41) is 0. The average molecular weight is 247 g/mol. The third-order valence-electron chi connectivity index (χ3n) is 2.72. The number of esters is 1. The molecule has 0 N–H and O–H groups in total. The molecule has 0 amide bonds. The first-order valence-corrected chi connectivity index (χ1v) is 6.41. The lowest BCUT2D eigenvalue weighted by Crippen LogP contribution is -2.21. The van der Waals surface area contributed by atoms with E-state index in [9.17, 15) is 4.79 Å². The highest BCUT2D eigenvalue weighted by atomic mass is 16.5. The van der Waals surface area contributed by atoms with Crippen LogP contribution in [-0.4, -0.2) is 25.7 Å². The van der Waals surface area contributed by atoms with Crippen LogP contribution >= 0.6 is 0 Å². The van der Waals surface area contributed by atoms with Gasteiger partial charge in [-0.15, -0.1) is 0 Å². The minimum atomic E-state index is -0.301. The van der Waals surface area contributed by atoms with Gasteiger partial charge in [0.15, 0.2) is 0 Å². The van der Waals surface area contributed by atoms with E-state index in [1.807, 2.05) is 12.1 Å². The quantitative estimate of drug-likeness (QED) is 0.571. The van der Waals surface area contributed by atoms with Crippen LogP contribution in [0, 0.1) is 0 Å². The highest BCUT2D eigenvalue weighted by Gasteiger charge is 2.00. The van der Waals surface area contributed by atoms with E-state index in [0.717, 1.165) is 18.7 Å². The van der Waals surface area contributed by atoms with Gasteiger partial charge in [0, 0.05) is 24.9 Å². The van der Waals surface area contributed by atoms with Crippen molar-refractivity contribution in [2.45, 2.75) is 20.8 Å². The Balaban J connectivity index is 2.68. The predicted octanol–water partition coefficient (Wildman–Crippen LogP) is 3.11. The number of nitrogens with zero attached hydrogens (tertiary/aromatic N) is 1. The molecule has 0 radical (unpaired) electrons. The smallest absolute Gasteiger partial charge is 0.330 e. The van der Waals surface area contributed by atoms with E-state index in [0.29, 0.717) is 6.61 Å². The van der Waals surface area contributed by atoms with Gasteiger partial charge < -0.3 is 9.64 Å². The zero-order valence-corrected chi connectivity index (χ0v) is 11.3. The lowest BCUT2D eigenvalue weighted by Gasteiger charge is -2.20. The van der Waals surface area contributed by atoms with Crippen molar-refractivity contribution in [2.24, 2.45) is 0 Å². The largest absolute Gasteiger partial charge is 0.463 e. The molecule has 0 atom stereocenters. The molecule has 0 heterocycles. The van der Waals surface area contributed by atoms with Gasteiger partial charge in [0.05, 0.1) is 6.61 Å². The van der Waals surface area contributed by atoms with Gasteiger partial charge in [-0.3, -0.25) is 0 Å². The van der Waals surface area contributed by atoms with Crippen molar-refractivity contribution in [3.63, 3.8) is 0 Å². The third-order valence-corrected chi connectivity index (χ3v) is 2.72. The molecular weight excluding hydrogens is 226 g/mol. The molecule has 0 aliphatic carbocycles. The standard InChI is InChI=1S/C15H21NO2/c1-4-16(5-2)14-10-7-13(8-11-14)9-12-15(17)18-6-3/h7-12H,4-6H2,1-3H3/b12-9+. The van der Waals surface area contributed by atoms with Crippen LogP contribution in [0.25, 0.3) is 6.08 Å². The molecule has 1 aromatic rings. The number of carbonyl (C=O) groups excluding carboxylic acids is 1. The summed E-state index contributed by atoms with van der Waals surface area (Å²) in [4.78, 5) is 13.4. The lowest BCUT2D eigenvalue weighted by atomic mass is 10.2. The van der Waals surface area contributed by atoms with E-state index in [4.69, 9.17) is 4.74 Å². The molecule has 0 bridgehead atoms. The number of anilines is 1. The average Bonchev–Trinajstić information content (AvgIpc) is 2.39. The molecule has 3 heteroatoms. The minimum absolute atomic E-state index is 0.301. The summed E-state index contributed by atoms with van der Waals surface area (Å²) in [6, 6.07) is 8.14. The molecule has 0 unspecified atom stereocenters. The second-order valence-corrected chi connectivity index (χ2v) is 3.85. The van der Waals surface area contributed by atoms with Crippen LogP contribution in [0.2, 0.25) is 0 Å². The number of ether oxygens (including phenoxy) is 1. The van der Waals surface area contributed by atoms with Crippen molar-refractivity contribution in [3.8, 4) is 0 Å². The third kappa shape index (κ3) is 4.24. The molecular formula is C15H21NO2. The topological polar surface area (TPSA) is 29.5 Å². The fourth-order valence-electron chi connectivity index (χ4n) is 1.74. The Kier molecular flexibility index (Phi) is 5.98. The van der Waals surface area contributed by atoms with Crippen molar-refractivity contribution in [2.75, 3.05) is 24.6 Å². The molecule has 3 nitrogen and oxygen atoms in total. The van der Waals surface area contributed by atoms with Crippen LogP contribution in [-0.2, 0) is 9.53 Å². The Bertz CT molecular complexity index is 391. The van der Waals surface area contributed by atoms with Crippen LogP contribution in [0.1, 0.15) is 26.3 Å². The van der Waals surface area contributed by atoms with Gasteiger partial charge in [0.2, 0.25) is 0 Å². The van der Waals surface area contributed by atoms with E-state index in [-0.39, 0.29) is 5.97 Å². The monoisotopic (exact) mass is 247 g/mol. The van der Waals surface area contributed by atoms with Crippen LogP contribution in [0.4, 0.5) is 5.69 Å². The molecule has 18 heavy (non-hydrogen) atoms. The van der Waals surface area contributed by atoms with Gasteiger partial charge >= 0.3 is 5.97 Å². The highest BCUT2D eigenvalue weighted by molar-refractivity contribution is 5.87. The van der Waals surface area contributed by atoms with Gasteiger partial charge in [-0.1, -0.05) is 12.1 Å². The SMILES string of the molecule is CCOC(=O)/C=C/c1ccc(N(CC)CC)cc1. The second-order valence-electron chi connectivity index (χ2n) is 3.85. The van der Waals surface area contributed by atoms with E-state index in [1.165, 1.54) is 11.8 Å². The fourth-order valence-corrected chi connectivity index (χ4v) is 1.74. The summed E-state index contributed by atoms with van der Waals surface area (Å²) in [5.74, 6) is -0.301. The Morgan fingerprint density at radius 2 is 1.78 bits per heavy atom. The van der Waals surface area contributed by atoms with Crippen LogP contribution in [0.3, 0.4) is 0 Å². The van der Waals surface area contributed by atoms with Gasteiger partial charge in [-0.25, -0.2) is 4.79 Å². The lowest BCUT2D eigenvalue weighted by molar-refractivity contribution is -0.137. The number of benzene rings is 1. The van der Waals surface area contributed by atoms with E-state index < -0.39 is 0 Å². The summed E-state index contributed by atoms with van der Waals surface area (Å²) in [5.41, 5.74) is 2.20. The Hall–Kier alpha value is -1.77. The molecule has 1 rings (SSSR count). The number of hydrogen-bond acceptors (Lipinski definition) is 3. The minimum Gasteiger partial charge on any atom is -0.463 e. The number of hydrogen-bond donors (Lipinski definition) is 0. The summed E-state index contributed by atoms with van der Waals surface area (Å²) >= 11 is 0. The number of rotatable bonds is 6. The maximum absolute atomic E-state index is 11.2. The maximum atomic E-state index is 11.2. The van der Waals surface area contributed by atoms with Gasteiger partial charge in [-0.2, -0.15) is 0 Å². The van der Waals surface area contributed by atoms with Gasteiger partial charge in [0.25, 0.3) is 0 Å². The van der Waals surface area contributed by atoms with Gasteiger partial charge in [0.1, 0.15) is 0 Å². The Morgan fingerprint density at radius 3 is 2.28 bits per heavy atom. The van der Waals surface area contributed by atoms with Crippen LogP contribution < -0.4 is 4.90 Å². The maximum Gasteiger partial charge on any atom is 0.330 e. The van der Waals surface area contributed by atoms with Crippen LogP contribution in [0.15, 0.2) is 30.3 Å². The van der Waals surface area contributed by atoms with E-state index in [2.05, 4.69) is 30.9 Å². The summed E-state index contributed by atoms with van der Waals surface area (Å²) in [7, 11) is 0. The molecule has 0 saturated carbocycles. The van der Waals surface area contributed by atoms with Crippen LogP contribution in [0.5, 0.6) is 0 Å². The second kappa shape index (κ2) is 7.54. The number of carbonyl (C=O) groups is 1. The van der Waals surface area contributed by atoms with Crippen molar-refractivity contribution in [1.82, 2.24) is 0 Å². The fraction of sp³-hybridized carbons (Fsp3) is 0.400. The molecule has 0 aliphatic heterocycles. The van der Waals surface area contributed by atoms with Crippen molar-refractivity contribution < 1.29 is 9.53 Å². The summed E-state index contributed by atoms with van der Waals surface area (Å²) < 4.78 is 4.83. The zero-order valence-electron chi connectivity index (χ0n) is 11.3. The molecule has 1 aromatic carbocycles. The molecule has 0 aromatic heterocycles. The van der Waals surface area contributed by atoms with Crippen molar-refractivity contribution in [1.29, 1.82) is 0 Å². The normalized spacial score (nSPS) is 10.6. The van der Waals surface area contributed by atoms with Crippen molar-refractivity contribution in [3.05, 3.63) is 35.9 Å².